The van der Waals surface area contributed by atoms with Gasteiger partial charge in [-0.05, 0) is 18.1 Å². The van der Waals surface area contributed by atoms with Gasteiger partial charge in [0.25, 0.3) is 0 Å². The van der Waals surface area contributed by atoms with Crippen LogP contribution in [0.15, 0.2) is 29.3 Å². The number of nitrogens with one attached hydrogen (secondary N) is 2. The van der Waals surface area contributed by atoms with E-state index in [4.69, 9.17) is 16.3 Å². The van der Waals surface area contributed by atoms with E-state index in [0.717, 1.165) is 36.1 Å². The summed E-state index contributed by atoms with van der Waals surface area (Å²) in [5.74, 6) is 0.777. The Morgan fingerprint density at radius 3 is 2.58 bits per heavy atom. The number of nitrogens with zero attached hydrogens (tertiary/aromatic N) is 1. The van der Waals surface area contributed by atoms with E-state index in [1.165, 1.54) is 0 Å². The number of halogens is 2. The highest BCUT2D eigenvalue weighted by Crippen LogP contribution is 2.14. The lowest BCUT2D eigenvalue weighted by molar-refractivity contribution is 0.203. The molecule has 1 rings (SSSR count). The molecule has 0 fully saturated rings. The zero-order chi connectivity index (χ0) is 13.2. The van der Waals surface area contributed by atoms with Crippen molar-refractivity contribution in [1.29, 1.82) is 0 Å². The lowest BCUT2D eigenvalue weighted by atomic mass is 10.1. The first-order valence-electron chi connectivity index (χ1n) is 5.94. The fourth-order valence-electron chi connectivity index (χ4n) is 1.51. The molecule has 1 aromatic rings. The molecule has 0 aliphatic carbocycles. The summed E-state index contributed by atoms with van der Waals surface area (Å²) in [6, 6.07) is 7.87. The van der Waals surface area contributed by atoms with Crippen LogP contribution in [0.4, 0.5) is 0 Å². The minimum atomic E-state index is 0. The molecule has 0 spiro atoms. The van der Waals surface area contributed by atoms with Crippen molar-refractivity contribution >= 4 is 41.5 Å². The molecule has 1 aromatic carbocycles. The Bertz CT molecular complexity index is 388. The van der Waals surface area contributed by atoms with Crippen LogP contribution in [0.5, 0.6) is 0 Å². The number of ether oxygens (including phenoxy) is 1. The third-order valence-corrected chi connectivity index (χ3v) is 2.84. The zero-order valence-electron chi connectivity index (χ0n) is 11.3. The van der Waals surface area contributed by atoms with Gasteiger partial charge in [-0.15, -0.1) is 24.0 Å². The fourth-order valence-corrected chi connectivity index (χ4v) is 1.74. The molecule has 0 aromatic heterocycles. The standard InChI is InChI=1S/C13H20ClN3O.HI/c1-15-13(17-9-10-18-2)16-8-7-11-5-3-4-6-12(11)14;/h3-6H,7-10H2,1-2H3,(H2,15,16,17);1H. The maximum absolute atomic E-state index is 6.09. The summed E-state index contributed by atoms with van der Waals surface area (Å²) in [6.45, 7) is 2.18. The number of methoxy groups -OCH3 is 1. The van der Waals surface area contributed by atoms with Gasteiger partial charge in [-0.25, -0.2) is 0 Å². The van der Waals surface area contributed by atoms with Gasteiger partial charge in [0.2, 0.25) is 0 Å². The number of rotatable bonds is 6. The lowest BCUT2D eigenvalue weighted by Crippen LogP contribution is -2.39. The van der Waals surface area contributed by atoms with Crippen molar-refractivity contribution in [3.63, 3.8) is 0 Å². The van der Waals surface area contributed by atoms with E-state index in [0.29, 0.717) is 6.61 Å². The Labute approximate surface area is 137 Å². The molecule has 0 saturated carbocycles. The topological polar surface area (TPSA) is 45.7 Å². The van der Waals surface area contributed by atoms with Gasteiger partial charge in [-0.1, -0.05) is 29.8 Å². The van der Waals surface area contributed by atoms with Crippen molar-refractivity contribution in [2.24, 2.45) is 4.99 Å². The Morgan fingerprint density at radius 1 is 1.26 bits per heavy atom. The Hall–Kier alpha value is -0.530. The van der Waals surface area contributed by atoms with Crippen molar-refractivity contribution < 1.29 is 4.74 Å². The molecule has 0 bridgehead atoms. The van der Waals surface area contributed by atoms with E-state index >= 15 is 0 Å². The average Bonchev–Trinajstić information content (AvgIpc) is 2.39. The molecule has 2 N–H and O–H groups in total. The normalized spacial score (nSPS) is 10.8. The van der Waals surface area contributed by atoms with E-state index in [-0.39, 0.29) is 24.0 Å². The van der Waals surface area contributed by atoms with E-state index in [1.54, 1.807) is 14.2 Å². The molecular formula is C13H21ClIN3O. The summed E-state index contributed by atoms with van der Waals surface area (Å²) in [5.41, 5.74) is 1.14. The van der Waals surface area contributed by atoms with Crippen LogP contribution >= 0.6 is 35.6 Å². The van der Waals surface area contributed by atoms with Gasteiger partial charge in [0.05, 0.1) is 6.61 Å². The summed E-state index contributed by atoms with van der Waals surface area (Å²) in [4.78, 5) is 4.12. The van der Waals surface area contributed by atoms with Gasteiger partial charge in [-0.3, -0.25) is 4.99 Å². The van der Waals surface area contributed by atoms with E-state index < -0.39 is 0 Å². The fraction of sp³-hybridized carbons (Fsp3) is 0.462. The van der Waals surface area contributed by atoms with Crippen LogP contribution < -0.4 is 10.6 Å². The largest absolute Gasteiger partial charge is 0.383 e. The summed E-state index contributed by atoms with van der Waals surface area (Å²) < 4.78 is 4.96. The first-order valence-corrected chi connectivity index (χ1v) is 6.32. The average molecular weight is 398 g/mol. The number of benzene rings is 1. The van der Waals surface area contributed by atoms with Gasteiger partial charge < -0.3 is 15.4 Å². The highest BCUT2D eigenvalue weighted by molar-refractivity contribution is 14.0. The molecule has 0 atom stereocenters. The van der Waals surface area contributed by atoms with Crippen LogP contribution in [-0.2, 0) is 11.2 Å². The van der Waals surface area contributed by atoms with E-state index in [9.17, 15) is 0 Å². The van der Waals surface area contributed by atoms with Crippen molar-refractivity contribution in [2.75, 3.05) is 33.9 Å². The second-order valence-corrected chi connectivity index (χ2v) is 4.17. The molecule has 108 valence electrons. The van der Waals surface area contributed by atoms with Crippen molar-refractivity contribution in [1.82, 2.24) is 10.6 Å². The molecule has 0 saturated heterocycles. The number of hydrogen-bond acceptors (Lipinski definition) is 2. The minimum Gasteiger partial charge on any atom is -0.383 e. The molecule has 19 heavy (non-hydrogen) atoms. The molecule has 0 heterocycles. The van der Waals surface area contributed by atoms with E-state index in [2.05, 4.69) is 15.6 Å². The van der Waals surface area contributed by atoms with Crippen molar-refractivity contribution in [3.8, 4) is 0 Å². The molecule has 0 aliphatic rings. The number of guanidine groups is 1. The molecule has 0 unspecified atom stereocenters. The number of hydrogen-bond donors (Lipinski definition) is 2. The third kappa shape index (κ3) is 7.59. The smallest absolute Gasteiger partial charge is 0.191 e. The summed E-state index contributed by atoms with van der Waals surface area (Å²) >= 11 is 6.09. The van der Waals surface area contributed by atoms with Crippen LogP contribution in [0.1, 0.15) is 5.56 Å². The quantitative estimate of drug-likeness (QED) is 0.335. The van der Waals surface area contributed by atoms with Gasteiger partial charge >= 0.3 is 0 Å². The SMILES string of the molecule is CN=C(NCCOC)NCCc1ccccc1Cl.I. The van der Waals surface area contributed by atoms with Crippen LogP contribution in [0.2, 0.25) is 5.02 Å². The summed E-state index contributed by atoms with van der Waals surface area (Å²) in [7, 11) is 3.42. The molecule has 6 heteroatoms. The van der Waals surface area contributed by atoms with Crippen LogP contribution in [0, 0.1) is 0 Å². The van der Waals surface area contributed by atoms with Gasteiger partial charge in [0.15, 0.2) is 5.96 Å². The maximum Gasteiger partial charge on any atom is 0.191 e. The lowest BCUT2D eigenvalue weighted by Gasteiger charge is -2.11. The maximum atomic E-state index is 6.09. The Kier molecular flexibility index (Phi) is 11.0. The second kappa shape index (κ2) is 11.3. The minimum absolute atomic E-state index is 0. The van der Waals surface area contributed by atoms with Crippen molar-refractivity contribution in [3.05, 3.63) is 34.9 Å². The molecular weight excluding hydrogens is 377 g/mol. The first kappa shape index (κ1) is 18.5. The third-order valence-electron chi connectivity index (χ3n) is 2.47. The van der Waals surface area contributed by atoms with Crippen LogP contribution in [0.25, 0.3) is 0 Å². The van der Waals surface area contributed by atoms with Gasteiger partial charge in [0.1, 0.15) is 0 Å². The zero-order valence-corrected chi connectivity index (χ0v) is 14.4. The van der Waals surface area contributed by atoms with Crippen molar-refractivity contribution in [2.45, 2.75) is 6.42 Å². The molecule has 4 nitrogen and oxygen atoms in total. The summed E-state index contributed by atoms with van der Waals surface area (Å²) in [6.07, 6.45) is 0.866. The first-order chi connectivity index (χ1) is 8.77. The Balaban J connectivity index is 0.00000324. The highest BCUT2D eigenvalue weighted by Gasteiger charge is 2.00. The Morgan fingerprint density at radius 2 is 1.95 bits per heavy atom. The highest BCUT2D eigenvalue weighted by atomic mass is 127. The van der Waals surface area contributed by atoms with Gasteiger partial charge in [0, 0.05) is 32.3 Å². The van der Waals surface area contributed by atoms with Crippen LogP contribution in [0.3, 0.4) is 0 Å². The van der Waals surface area contributed by atoms with Gasteiger partial charge in [-0.2, -0.15) is 0 Å². The predicted octanol–water partition coefficient (Wildman–Crippen LogP) is 2.31. The summed E-state index contributed by atoms with van der Waals surface area (Å²) in [5, 5.41) is 7.19. The molecule has 0 amide bonds. The predicted molar refractivity (Wildman–Crippen MR) is 91.8 cm³/mol. The monoisotopic (exact) mass is 397 g/mol. The second-order valence-electron chi connectivity index (χ2n) is 3.76. The molecule has 0 radical (unpaired) electrons. The number of aliphatic imine (C=N–C) groups is 1. The van der Waals surface area contributed by atoms with Crippen LogP contribution in [-0.4, -0.2) is 39.8 Å². The molecule has 0 aliphatic heterocycles. The van der Waals surface area contributed by atoms with E-state index in [1.807, 2.05) is 24.3 Å².